The Hall–Kier alpha value is -0.720. The first-order valence-electron chi connectivity index (χ1n) is 6.10. The maximum atomic E-state index is 13.5. The molecule has 0 aliphatic heterocycles. The lowest BCUT2D eigenvalue weighted by Gasteiger charge is -2.12. The number of hydrogen-bond donors (Lipinski definition) is 2. The van der Waals surface area contributed by atoms with Gasteiger partial charge in [0.25, 0.3) is 0 Å². The largest absolute Gasteiger partial charge is 0.379 e. The Morgan fingerprint density at radius 1 is 1.47 bits per heavy atom. The molecule has 1 aromatic rings. The summed E-state index contributed by atoms with van der Waals surface area (Å²) in [5, 5.41) is 6.24. The van der Waals surface area contributed by atoms with Crippen LogP contribution in [0.5, 0.6) is 0 Å². The molecular weight excluding hydrogens is 331 g/mol. The molecule has 0 fully saturated rings. The lowest BCUT2D eigenvalue weighted by molar-refractivity contribution is 0.0777. The van der Waals surface area contributed by atoms with Gasteiger partial charge < -0.3 is 15.4 Å². The summed E-state index contributed by atoms with van der Waals surface area (Å²) in [7, 11) is 0. The zero-order valence-electron chi connectivity index (χ0n) is 11.0. The van der Waals surface area contributed by atoms with Gasteiger partial charge in [-0.2, -0.15) is 0 Å². The average Bonchev–Trinajstić information content (AvgIpc) is 2.32. The Kier molecular flexibility index (Phi) is 7.27. The van der Waals surface area contributed by atoms with Crippen molar-refractivity contribution in [3.63, 3.8) is 0 Å². The molecular formula is C13H18BrFN2OS. The molecule has 3 nitrogen and oxygen atoms in total. The van der Waals surface area contributed by atoms with Gasteiger partial charge in [-0.1, -0.05) is 15.9 Å². The third-order valence-corrected chi connectivity index (χ3v) is 2.98. The number of halogens is 2. The second-order valence-electron chi connectivity index (χ2n) is 4.28. The topological polar surface area (TPSA) is 33.3 Å². The zero-order chi connectivity index (χ0) is 14.3. The van der Waals surface area contributed by atoms with Crippen molar-refractivity contribution >= 4 is 38.9 Å². The van der Waals surface area contributed by atoms with E-state index in [1.807, 2.05) is 13.8 Å². The smallest absolute Gasteiger partial charge is 0.170 e. The Morgan fingerprint density at radius 2 is 2.21 bits per heavy atom. The van der Waals surface area contributed by atoms with Gasteiger partial charge in [0.2, 0.25) is 0 Å². The van der Waals surface area contributed by atoms with Gasteiger partial charge in [-0.25, -0.2) is 4.39 Å². The molecule has 0 saturated carbocycles. The Morgan fingerprint density at radius 3 is 2.84 bits per heavy atom. The van der Waals surface area contributed by atoms with Crippen LogP contribution >= 0.6 is 28.1 Å². The van der Waals surface area contributed by atoms with Crippen LogP contribution in [0, 0.1) is 5.82 Å². The van der Waals surface area contributed by atoms with Crippen LogP contribution in [0.1, 0.15) is 20.3 Å². The third kappa shape index (κ3) is 6.84. The molecule has 0 aromatic heterocycles. The minimum Gasteiger partial charge on any atom is -0.379 e. The zero-order valence-corrected chi connectivity index (χ0v) is 13.4. The van der Waals surface area contributed by atoms with Crippen LogP contribution in [0.15, 0.2) is 22.7 Å². The molecule has 0 radical (unpaired) electrons. The number of rotatable bonds is 6. The van der Waals surface area contributed by atoms with Crippen LogP contribution in [0.4, 0.5) is 10.1 Å². The van der Waals surface area contributed by atoms with Gasteiger partial charge in [-0.15, -0.1) is 0 Å². The number of ether oxygens (including phenoxy) is 1. The molecule has 6 heteroatoms. The first-order chi connectivity index (χ1) is 8.99. The van der Waals surface area contributed by atoms with Crippen molar-refractivity contribution in [1.29, 1.82) is 0 Å². The number of anilines is 1. The second-order valence-corrected chi connectivity index (χ2v) is 5.60. The highest BCUT2D eigenvalue weighted by atomic mass is 79.9. The van der Waals surface area contributed by atoms with Crippen molar-refractivity contribution in [3.05, 3.63) is 28.5 Å². The van der Waals surface area contributed by atoms with Gasteiger partial charge >= 0.3 is 0 Å². The van der Waals surface area contributed by atoms with Gasteiger partial charge in [-0.05, 0) is 50.7 Å². The summed E-state index contributed by atoms with van der Waals surface area (Å²) in [5.74, 6) is -0.346. The Labute approximate surface area is 127 Å². The Balaban J connectivity index is 2.27. The van der Waals surface area contributed by atoms with E-state index in [4.69, 9.17) is 17.0 Å². The monoisotopic (exact) mass is 348 g/mol. The van der Waals surface area contributed by atoms with Crippen LogP contribution in [-0.4, -0.2) is 24.4 Å². The van der Waals surface area contributed by atoms with E-state index in [0.717, 1.165) is 6.42 Å². The molecule has 1 aromatic carbocycles. The van der Waals surface area contributed by atoms with E-state index in [1.54, 1.807) is 12.1 Å². The van der Waals surface area contributed by atoms with Gasteiger partial charge in [0.15, 0.2) is 5.11 Å². The van der Waals surface area contributed by atoms with Crippen molar-refractivity contribution in [2.24, 2.45) is 0 Å². The van der Waals surface area contributed by atoms with Crippen molar-refractivity contribution in [3.8, 4) is 0 Å². The summed E-state index contributed by atoms with van der Waals surface area (Å²) >= 11 is 8.29. The molecule has 0 spiro atoms. The first-order valence-corrected chi connectivity index (χ1v) is 7.30. The van der Waals surface area contributed by atoms with Crippen LogP contribution in [0.25, 0.3) is 0 Å². The third-order valence-electron chi connectivity index (χ3n) is 2.24. The van der Waals surface area contributed by atoms with Gasteiger partial charge in [-0.3, -0.25) is 0 Å². The summed E-state index contributed by atoms with van der Waals surface area (Å²) < 4.78 is 19.6. The van der Waals surface area contributed by atoms with E-state index in [9.17, 15) is 4.39 Å². The minimum absolute atomic E-state index is 0.238. The molecule has 0 saturated heterocycles. The number of thiocarbonyl (C=S) groups is 1. The highest BCUT2D eigenvalue weighted by molar-refractivity contribution is 9.10. The molecule has 0 bridgehead atoms. The molecule has 0 heterocycles. The summed E-state index contributed by atoms with van der Waals surface area (Å²) in [4.78, 5) is 0. The van der Waals surface area contributed by atoms with Crippen LogP contribution in [-0.2, 0) is 4.74 Å². The molecule has 0 aliphatic rings. The summed E-state index contributed by atoms with van der Waals surface area (Å²) in [6.07, 6.45) is 1.09. The van der Waals surface area contributed by atoms with Crippen molar-refractivity contribution in [2.75, 3.05) is 18.5 Å². The SMILES string of the molecule is CC(C)OCCCNC(=S)Nc1ccc(Br)cc1F. The fraction of sp³-hybridized carbons (Fsp3) is 0.462. The van der Waals surface area contributed by atoms with E-state index in [-0.39, 0.29) is 11.9 Å². The van der Waals surface area contributed by atoms with Crippen LogP contribution in [0.3, 0.4) is 0 Å². The van der Waals surface area contributed by atoms with Crippen LogP contribution in [0.2, 0.25) is 0 Å². The van der Waals surface area contributed by atoms with Gasteiger partial charge in [0.05, 0.1) is 11.8 Å². The second kappa shape index (κ2) is 8.45. The molecule has 0 unspecified atom stereocenters. The van der Waals surface area contributed by atoms with E-state index >= 15 is 0 Å². The maximum Gasteiger partial charge on any atom is 0.170 e. The lowest BCUT2D eigenvalue weighted by atomic mass is 10.3. The highest BCUT2D eigenvalue weighted by Crippen LogP contribution is 2.19. The first kappa shape index (κ1) is 16.3. The van der Waals surface area contributed by atoms with E-state index in [2.05, 4.69) is 26.6 Å². The average molecular weight is 349 g/mol. The molecule has 0 atom stereocenters. The van der Waals surface area contributed by atoms with Crippen molar-refractivity contribution in [1.82, 2.24) is 5.32 Å². The lowest BCUT2D eigenvalue weighted by Crippen LogP contribution is -2.30. The molecule has 2 N–H and O–H groups in total. The number of nitrogens with one attached hydrogen (secondary N) is 2. The van der Waals surface area contributed by atoms with E-state index < -0.39 is 0 Å². The molecule has 1 rings (SSSR count). The fourth-order valence-electron chi connectivity index (χ4n) is 1.35. The molecule has 106 valence electrons. The normalized spacial score (nSPS) is 10.6. The maximum absolute atomic E-state index is 13.5. The van der Waals surface area contributed by atoms with Crippen LogP contribution < -0.4 is 10.6 Å². The quantitative estimate of drug-likeness (QED) is 0.606. The van der Waals surface area contributed by atoms with E-state index in [0.29, 0.717) is 28.4 Å². The predicted octanol–water partition coefficient (Wildman–Crippen LogP) is 3.69. The highest BCUT2D eigenvalue weighted by Gasteiger charge is 2.04. The van der Waals surface area contributed by atoms with Gasteiger partial charge in [0, 0.05) is 17.6 Å². The van der Waals surface area contributed by atoms with Crippen molar-refractivity contribution < 1.29 is 9.13 Å². The molecule has 19 heavy (non-hydrogen) atoms. The summed E-state index contributed by atoms with van der Waals surface area (Å²) in [6.45, 7) is 5.36. The number of benzene rings is 1. The summed E-state index contributed by atoms with van der Waals surface area (Å²) in [6, 6.07) is 4.78. The standard InChI is InChI=1S/C13H18BrFN2OS/c1-9(2)18-7-3-6-16-13(19)17-12-5-4-10(14)8-11(12)15/h4-5,8-9H,3,6-7H2,1-2H3,(H2,16,17,19). The molecule has 0 amide bonds. The Bertz CT molecular complexity index is 429. The molecule has 0 aliphatic carbocycles. The minimum atomic E-state index is -0.346. The number of hydrogen-bond acceptors (Lipinski definition) is 2. The summed E-state index contributed by atoms with van der Waals surface area (Å²) in [5.41, 5.74) is 0.360. The predicted molar refractivity (Wildman–Crippen MR) is 84.0 cm³/mol. The van der Waals surface area contributed by atoms with Gasteiger partial charge in [0.1, 0.15) is 5.82 Å². The fourth-order valence-corrected chi connectivity index (χ4v) is 1.90. The van der Waals surface area contributed by atoms with E-state index in [1.165, 1.54) is 6.07 Å². The van der Waals surface area contributed by atoms with Crippen molar-refractivity contribution in [2.45, 2.75) is 26.4 Å².